The third kappa shape index (κ3) is 5.76. The molecule has 0 unspecified atom stereocenters. The predicted octanol–water partition coefficient (Wildman–Crippen LogP) is 0.911. The highest BCUT2D eigenvalue weighted by molar-refractivity contribution is 6.00. The monoisotopic (exact) mass is 296 g/mol. The van der Waals surface area contributed by atoms with E-state index in [4.69, 9.17) is 9.84 Å². The zero-order chi connectivity index (χ0) is 16.0. The molecule has 2 amide bonds. The average Bonchev–Trinajstić information content (AvgIpc) is 2.81. The Kier molecular flexibility index (Phi) is 5.06. The Morgan fingerprint density at radius 3 is 2.43 bits per heavy atom. The van der Waals surface area contributed by atoms with Gasteiger partial charge in [0.1, 0.15) is 23.3 Å². The van der Waals surface area contributed by atoms with Crippen molar-refractivity contribution in [1.82, 2.24) is 15.7 Å². The van der Waals surface area contributed by atoms with E-state index in [0.717, 1.165) is 6.34 Å². The Bertz CT molecular complexity index is 570. The van der Waals surface area contributed by atoms with Crippen LogP contribution in [0.5, 0.6) is 0 Å². The maximum absolute atomic E-state index is 11.6. The second kappa shape index (κ2) is 6.55. The van der Waals surface area contributed by atoms with Gasteiger partial charge in [-0.05, 0) is 32.9 Å². The van der Waals surface area contributed by atoms with Gasteiger partial charge < -0.3 is 20.1 Å². The molecule has 1 heterocycles. The van der Waals surface area contributed by atoms with Gasteiger partial charge in [0.05, 0.1) is 0 Å². The largest absolute Gasteiger partial charge is 0.477 e. The van der Waals surface area contributed by atoms with Crippen molar-refractivity contribution in [3.05, 3.63) is 23.5 Å². The van der Waals surface area contributed by atoms with Crippen LogP contribution in [-0.2, 0) is 4.74 Å². The highest BCUT2D eigenvalue weighted by Crippen LogP contribution is 2.06. The minimum atomic E-state index is -1.17. The van der Waals surface area contributed by atoms with Crippen LogP contribution < -0.4 is 10.7 Å². The third-order valence-corrected chi connectivity index (χ3v) is 1.98. The summed E-state index contributed by atoms with van der Waals surface area (Å²) in [6.45, 7) is 5.09. The van der Waals surface area contributed by atoms with Crippen LogP contribution in [-0.4, -0.2) is 40.0 Å². The molecule has 0 fully saturated rings. The van der Waals surface area contributed by atoms with E-state index in [2.05, 4.69) is 20.8 Å². The molecule has 0 aliphatic rings. The Morgan fingerprint density at radius 2 is 1.90 bits per heavy atom. The first kappa shape index (κ1) is 16.2. The van der Waals surface area contributed by atoms with Crippen molar-refractivity contribution < 1.29 is 24.2 Å². The number of hydrogen-bond acceptors (Lipinski definition) is 5. The van der Waals surface area contributed by atoms with E-state index in [1.165, 1.54) is 12.1 Å². The van der Waals surface area contributed by atoms with Crippen molar-refractivity contribution in [2.24, 2.45) is 5.10 Å². The van der Waals surface area contributed by atoms with Crippen molar-refractivity contribution in [2.75, 3.05) is 0 Å². The summed E-state index contributed by atoms with van der Waals surface area (Å²) in [6, 6.07) is 2.57. The molecule has 0 saturated heterocycles. The number of carboxylic acid groups (broad SMARTS) is 1. The van der Waals surface area contributed by atoms with Crippen molar-refractivity contribution >= 4 is 24.3 Å². The third-order valence-electron chi connectivity index (χ3n) is 1.98. The molecule has 9 nitrogen and oxygen atoms in total. The SMILES string of the molecule is CC(C)(C)OC(=O)NN=CNC(=O)c1ccc(C(=O)O)[nH]1. The first-order chi connectivity index (χ1) is 9.69. The van der Waals surface area contributed by atoms with Crippen LogP contribution in [0, 0.1) is 0 Å². The first-order valence-electron chi connectivity index (χ1n) is 5.93. The Hall–Kier alpha value is -2.84. The topological polar surface area (TPSA) is 133 Å². The van der Waals surface area contributed by atoms with Gasteiger partial charge in [0.2, 0.25) is 0 Å². The molecular weight excluding hydrogens is 280 g/mol. The van der Waals surface area contributed by atoms with E-state index < -0.39 is 23.6 Å². The number of ether oxygens (including phenoxy) is 1. The van der Waals surface area contributed by atoms with Crippen LogP contribution in [0.25, 0.3) is 0 Å². The minimum Gasteiger partial charge on any atom is -0.477 e. The molecule has 0 radical (unpaired) electrons. The quantitative estimate of drug-likeness (QED) is 0.372. The molecular formula is C12H16N4O5. The molecule has 0 atom stereocenters. The van der Waals surface area contributed by atoms with Crippen LogP contribution in [0.3, 0.4) is 0 Å². The smallest absolute Gasteiger partial charge is 0.428 e. The number of aromatic nitrogens is 1. The lowest BCUT2D eigenvalue weighted by Crippen LogP contribution is -2.31. The van der Waals surface area contributed by atoms with Crippen LogP contribution in [0.1, 0.15) is 41.7 Å². The second-order valence-electron chi connectivity index (χ2n) is 4.94. The van der Waals surface area contributed by atoms with Crippen LogP contribution in [0.15, 0.2) is 17.2 Å². The van der Waals surface area contributed by atoms with Gasteiger partial charge in [-0.2, -0.15) is 5.10 Å². The van der Waals surface area contributed by atoms with Gasteiger partial charge in [0, 0.05) is 0 Å². The summed E-state index contributed by atoms with van der Waals surface area (Å²) in [5, 5.41) is 14.4. The molecule has 1 rings (SSSR count). The number of hydrogen-bond donors (Lipinski definition) is 4. The van der Waals surface area contributed by atoms with Gasteiger partial charge in [-0.3, -0.25) is 4.79 Å². The average molecular weight is 296 g/mol. The molecule has 0 bridgehead atoms. The maximum atomic E-state index is 11.6. The number of H-pyrrole nitrogens is 1. The van der Waals surface area contributed by atoms with Crippen molar-refractivity contribution in [3.63, 3.8) is 0 Å². The Labute approximate surface area is 120 Å². The normalized spacial score (nSPS) is 11.2. The highest BCUT2D eigenvalue weighted by atomic mass is 16.6. The summed E-state index contributed by atoms with van der Waals surface area (Å²) in [5.74, 6) is -1.77. The fourth-order valence-corrected chi connectivity index (χ4v) is 1.21. The zero-order valence-electron chi connectivity index (χ0n) is 11.8. The van der Waals surface area contributed by atoms with Gasteiger partial charge >= 0.3 is 12.1 Å². The Balaban J connectivity index is 2.43. The van der Waals surface area contributed by atoms with E-state index >= 15 is 0 Å². The minimum absolute atomic E-state index is 0.0520. The van der Waals surface area contributed by atoms with E-state index in [1.54, 1.807) is 20.8 Å². The summed E-state index contributed by atoms with van der Waals surface area (Å²) in [6.07, 6.45) is 0.189. The molecule has 1 aromatic rings. The summed E-state index contributed by atoms with van der Waals surface area (Å²) in [4.78, 5) is 35.8. The standard InChI is InChI=1S/C12H16N4O5/c1-12(2,3)21-11(20)16-14-6-13-9(17)7-4-5-8(15-7)10(18)19/h4-6,15H,1-3H3,(H,16,20)(H,18,19)(H,13,14,17). The van der Waals surface area contributed by atoms with E-state index in [-0.39, 0.29) is 11.4 Å². The van der Waals surface area contributed by atoms with E-state index in [1.807, 2.05) is 0 Å². The molecule has 9 heteroatoms. The number of amides is 2. The fraction of sp³-hybridized carbons (Fsp3) is 0.333. The van der Waals surface area contributed by atoms with Crippen LogP contribution in [0.4, 0.5) is 4.79 Å². The molecule has 0 aliphatic carbocycles. The van der Waals surface area contributed by atoms with Crippen molar-refractivity contribution in [2.45, 2.75) is 26.4 Å². The highest BCUT2D eigenvalue weighted by Gasteiger charge is 2.15. The van der Waals surface area contributed by atoms with Crippen LogP contribution in [0.2, 0.25) is 0 Å². The molecule has 4 N–H and O–H groups in total. The summed E-state index contributed by atoms with van der Waals surface area (Å²) in [7, 11) is 0. The lowest BCUT2D eigenvalue weighted by Gasteiger charge is -2.18. The molecule has 0 aromatic carbocycles. The fourth-order valence-electron chi connectivity index (χ4n) is 1.21. The number of hydrazone groups is 1. The van der Waals surface area contributed by atoms with Gasteiger partial charge in [0.25, 0.3) is 5.91 Å². The summed E-state index contributed by atoms with van der Waals surface area (Å²) < 4.78 is 4.91. The van der Waals surface area contributed by atoms with Crippen molar-refractivity contribution in [1.29, 1.82) is 0 Å². The number of carboxylic acids is 1. The van der Waals surface area contributed by atoms with E-state index in [9.17, 15) is 14.4 Å². The number of aromatic carboxylic acids is 1. The molecule has 0 saturated carbocycles. The Morgan fingerprint density at radius 1 is 1.29 bits per heavy atom. The van der Waals surface area contributed by atoms with Gasteiger partial charge in [-0.25, -0.2) is 15.0 Å². The number of carbonyl (C=O) groups excluding carboxylic acids is 2. The molecule has 0 aliphatic heterocycles. The van der Waals surface area contributed by atoms with Crippen molar-refractivity contribution in [3.8, 4) is 0 Å². The lowest BCUT2D eigenvalue weighted by atomic mass is 10.2. The molecule has 114 valence electrons. The summed E-state index contributed by atoms with van der Waals surface area (Å²) >= 11 is 0. The summed E-state index contributed by atoms with van der Waals surface area (Å²) in [5.41, 5.74) is 1.35. The number of rotatable bonds is 4. The molecule has 1 aromatic heterocycles. The first-order valence-corrected chi connectivity index (χ1v) is 5.93. The van der Waals surface area contributed by atoms with Crippen LogP contribution >= 0.6 is 0 Å². The molecule has 0 spiro atoms. The van der Waals surface area contributed by atoms with Gasteiger partial charge in [0.15, 0.2) is 0 Å². The van der Waals surface area contributed by atoms with Gasteiger partial charge in [-0.1, -0.05) is 0 Å². The second-order valence-corrected chi connectivity index (χ2v) is 4.94. The van der Waals surface area contributed by atoms with E-state index in [0.29, 0.717) is 0 Å². The maximum Gasteiger partial charge on any atom is 0.428 e. The lowest BCUT2D eigenvalue weighted by molar-refractivity contribution is 0.0528. The number of aromatic amines is 1. The predicted molar refractivity (Wildman–Crippen MR) is 73.1 cm³/mol. The molecule has 21 heavy (non-hydrogen) atoms. The number of nitrogens with one attached hydrogen (secondary N) is 3. The van der Waals surface area contributed by atoms with Gasteiger partial charge in [-0.15, -0.1) is 0 Å². The number of carbonyl (C=O) groups is 3. The zero-order valence-corrected chi connectivity index (χ0v) is 11.8. The number of nitrogens with zero attached hydrogens (tertiary/aromatic N) is 1.